The molecule has 1 aromatic carbocycles. The van der Waals surface area contributed by atoms with Crippen LogP contribution in [0.4, 0.5) is 0 Å². The summed E-state index contributed by atoms with van der Waals surface area (Å²) in [7, 11) is 0. The predicted octanol–water partition coefficient (Wildman–Crippen LogP) is 4.63. The summed E-state index contributed by atoms with van der Waals surface area (Å²) in [5.74, 6) is 0. The van der Waals surface area contributed by atoms with E-state index in [4.69, 9.17) is 0 Å². The Morgan fingerprint density at radius 3 is 2.84 bits per heavy atom. The molecule has 19 heavy (non-hydrogen) atoms. The molecule has 0 amide bonds. The fourth-order valence-corrected chi connectivity index (χ4v) is 3.35. The first-order valence-electron chi connectivity index (χ1n) is 6.53. The van der Waals surface area contributed by atoms with Crippen LogP contribution in [0.1, 0.15) is 40.9 Å². The molecule has 1 heterocycles. The highest BCUT2D eigenvalue weighted by molar-refractivity contribution is 9.10. The van der Waals surface area contributed by atoms with Gasteiger partial charge in [-0.05, 0) is 37.5 Å². The van der Waals surface area contributed by atoms with Crippen molar-refractivity contribution in [3.05, 3.63) is 49.9 Å². The summed E-state index contributed by atoms with van der Waals surface area (Å²) >= 11 is 5.41. The van der Waals surface area contributed by atoms with Crippen LogP contribution in [0.15, 0.2) is 28.9 Å². The van der Waals surface area contributed by atoms with Gasteiger partial charge in [-0.3, -0.25) is 0 Å². The first kappa shape index (κ1) is 14.7. The third kappa shape index (κ3) is 3.88. The van der Waals surface area contributed by atoms with Crippen molar-refractivity contribution in [1.82, 2.24) is 10.3 Å². The summed E-state index contributed by atoms with van der Waals surface area (Å²) < 4.78 is 1.17. The summed E-state index contributed by atoms with van der Waals surface area (Å²) in [6, 6.07) is 6.75. The van der Waals surface area contributed by atoms with Crippen LogP contribution in [0.5, 0.6) is 0 Å². The second kappa shape index (κ2) is 6.64. The van der Waals surface area contributed by atoms with E-state index >= 15 is 0 Å². The number of nitrogens with zero attached hydrogens (tertiary/aromatic N) is 1. The molecular formula is C15H19BrN2S. The zero-order valence-electron chi connectivity index (χ0n) is 11.5. The quantitative estimate of drug-likeness (QED) is 0.859. The van der Waals surface area contributed by atoms with Gasteiger partial charge >= 0.3 is 0 Å². The van der Waals surface area contributed by atoms with Crippen molar-refractivity contribution >= 4 is 27.3 Å². The Balaban J connectivity index is 1.98. The lowest BCUT2D eigenvalue weighted by Gasteiger charge is -2.12. The van der Waals surface area contributed by atoms with Crippen LogP contribution in [0.3, 0.4) is 0 Å². The molecule has 0 bridgehead atoms. The average Bonchev–Trinajstić information content (AvgIpc) is 2.86. The third-order valence-corrected chi connectivity index (χ3v) is 5.16. The zero-order valence-corrected chi connectivity index (χ0v) is 13.9. The SMILES string of the molecule is CCc1cnc(C(C)NCc2ccc(C)cc2Br)s1. The molecule has 2 rings (SSSR count). The molecule has 1 unspecified atom stereocenters. The molecule has 1 N–H and O–H groups in total. The number of rotatable bonds is 5. The molecule has 1 atom stereocenters. The number of halogens is 1. The third-order valence-electron chi connectivity index (χ3n) is 3.10. The van der Waals surface area contributed by atoms with Gasteiger partial charge in [0.15, 0.2) is 0 Å². The lowest BCUT2D eigenvalue weighted by Crippen LogP contribution is -2.18. The normalized spacial score (nSPS) is 12.6. The minimum atomic E-state index is 0.290. The van der Waals surface area contributed by atoms with Crippen LogP contribution < -0.4 is 5.32 Å². The fraction of sp³-hybridized carbons (Fsp3) is 0.400. The van der Waals surface area contributed by atoms with Crippen molar-refractivity contribution < 1.29 is 0 Å². The lowest BCUT2D eigenvalue weighted by atomic mass is 10.1. The number of nitrogens with one attached hydrogen (secondary N) is 1. The Labute approximate surface area is 127 Å². The highest BCUT2D eigenvalue weighted by Crippen LogP contribution is 2.22. The molecule has 0 saturated carbocycles. The summed E-state index contributed by atoms with van der Waals surface area (Å²) in [4.78, 5) is 5.83. The maximum absolute atomic E-state index is 4.48. The van der Waals surface area contributed by atoms with Gasteiger partial charge < -0.3 is 5.32 Å². The topological polar surface area (TPSA) is 24.9 Å². The van der Waals surface area contributed by atoms with Crippen molar-refractivity contribution in [2.45, 2.75) is 39.8 Å². The molecule has 0 fully saturated rings. The van der Waals surface area contributed by atoms with Gasteiger partial charge in [-0.1, -0.05) is 35.0 Å². The van der Waals surface area contributed by atoms with E-state index < -0.39 is 0 Å². The first-order chi connectivity index (χ1) is 9.10. The number of hydrogen-bond acceptors (Lipinski definition) is 3. The van der Waals surface area contributed by atoms with E-state index in [1.165, 1.54) is 25.5 Å². The Kier molecular flexibility index (Phi) is 5.13. The van der Waals surface area contributed by atoms with Crippen molar-refractivity contribution in [3.8, 4) is 0 Å². The smallest absolute Gasteiger partial charge is 0.109 e. The van der Waals surface area contributed by atoms with E-state index in [9.17, 15) is 0 Å². The minimum Gasteiger partial charge on any atom is -0.304 e. The fourth-order valence-electron chi connectivity index (χ4n) is 1.83. The summed E-state index contributed by atoms with van der Waals surface area (Å²) in [5.41, 5.74) is 2.56. The molecule has 4 heteroatoms. The van der Waals surface area contributed by atoms with Gasteiger partial charge in [0.1, 0.15) is 5.01 Å². The van der Waals surface area contributed by atoms with Crippen LogP contribution in [0.25, 0.3) is 0 Å². The number of aryl methyl sites for hydroxylation is 2. The van der Waals surface area contributed by atoms with E-state index in [2.05, 4.69) is 65.2 Å². The average molecular weight is 339 g/mol. The minimum absolute atomic E-state index is 0.290. The number of aromatic nitrogens is 1. The highest BCUT2D eigenvalue weighted by Gasteiger charge is 2.10. The Hall–Kier alpha value is -0.710. The number of hydrogen-bond donors (Lipinski definition) is 1. The number of thiazole rings is 1. The Morgan fingerprint density at radius 2 is 2.21 bits per heavy atom. The van der Waals surface area contributed by atoms with Crippen LogP contribution in [0.2, 0.25) is 0 Å². The van der Waals surface area contributed by atoms with E-state index in [1.54, 1.807) is 11.3 Å². The van der Waals surface area contributed by atoms with Gasteiger partial charge in [0.25, 0.3) is 0 Å². The molecule has 1 aromatic heterocycles. The second-order valence-electron chi connectivity index (χ2n) is 4.72. The molecule has 0 aliphatic heterocycles. The summed E-state index contributed by atoms with van der Waals surface area (Å²) in [6.07, 6.45) is 3.05. The predicted molar refractivity (Wildman–Crippen MR) is 85.6 cm³/mol. The van der Waals surface area contributed by atoms with Crippen molar-refractivity contribution in [2.24, 2.45) is 0 Å². The van der Waals surface area contributed by atoms with Crippen molar-refractivity contribution in [3.63, 3.8) is 0 Å². The van der Waals surface area contributed by atoms with Gasteiger partial charge in [-0.15, -0.1) is 11.3 Å². The molecule has 0 saturated heterocycles. The van der Waals surface area contributed by atoms with E-state index in [0.717, 1.165) is 13.0 Å². The van der Waals surface area contributed by atoms with E-state index in [1.807, 2.05) is 6.20 Å². The standard InChI is InChI=1S/C15H19BrN2S/c1-4-13-9-18-15(19-13)11(3)17-8-12-6-5-10(2)7-14(12)16/h5-7,9,11,17H,4,8H2,1-3H3. The van der Waals surface area contributed by atoms with Gasteiger partial charge in [0, 0.05) is 22.1 Å². The summed E-state index contributed by atoms with van der Waals surface area (Å²) in [6.45, 7) is 7.29. The van der Waals surface area contributed by atoms with Crippen molar-refractivity contribution in [2.75, 3.05) is 0 Å². The highest BCUT2D eigenvalue weighted by atomic mass is 79.9. The van der Waals surface area contributed by atoms with Gasteiger partial charge in [-0.25, -0.2) is 4.98 Å². The van der Waals surface area contributed by atoms with Crippen LogP contribution in [-0.4, -0.2) is 4.98 Å². The molecule has 102 valence electrons. The monoisotopic (exact) mass is 338 g/mol. The van der Waals surface area contributed by atoms with Gasteiger partial charge in [-0.2, -0.15) is 0 Å². The molecule has 0 spiro atoms. The lowest BCUT2D eigenvalue weighted by molar-refractivity contribution is 0.571. The maximum Gasteiger partial charge on any atom is 0.109 e. The molecule has 0 aliphatic carbocycles. The summed E-state index contributed by atoms with van der Waals surface area (Å²) in [5, 5.41) is 4.70. The molecular weight excluding hydrogens is 320 g/mol. The van der Waals surface area contributed by atoms with Crippen LogP contribution >= 0.6 is 27.3 Å². The van der Waals surface area contributed by atoms with Crippen LogP contribution in [-0.2, 0) is 13.0 Å². The zero-order chi connectivity index (χ0) is 13.8. The first-order valence-corrected chi connectivity index (χ1v) is 8.14. The Morgan fingerprint density at radius 1 is 1.42 bits per heavy atom. The van der Waals surface area contributed by atoms with E-state index in [0.29, 0.717) is 6.04 Å². The largest absolute Gasteiger partial charge is 0.304 e. The van der Waals surface area contributed by atoms with Crippen molar-refractivity contribution in [1.29, 1.82) is 0 Å². The van der Waals surface area contributed by atoms with Crippen LogP contribution in [0, 0.1) is 6.92 Å². The van der Waals surface area contributed by atoms with E-state index in [-0.39, 0.29) is 0 Å². The molecule has 0 aliphatic rings. The van der Waals surface area contributed by atoms with Gasteiger partial charge in [0.05, 0.1) is 6.04 Å². The number of benzene rings is 1. The molecule has 2 nitrogen and oxygen atoms in total. The maximum atomic E-state index is 4.48. The Bertz CT molecular complexity index is 551. The molecule has 2 aromatic rings. The molecule has 0 radical (unpaired) electrons. The van der Waals surface area contributed by atoms with Gasteiger partial charge in [0.2, 0.25) is 0 Å². The second-order valence-corrected chi connectivity index (χ2v) is 6.72.